The predicted molar refractivity (Wildman–Crippen MR) is 70.5 cm³/mol. The van der Waals surface area contributed by atoms with Crippen LogP contribution in [0.1, 0.15) is 11.5 Å². The van der Waals surface area contributed by atoms with Gasteiger partial charge in [0.15, 0.2) is 0 Å². The minimum atomic E-state index is -0.164. The Kier molecular flexibility index (Phi) is 3.84. The summed E-state index contributed by atoms with van der Waals surface area (Å²) < 4.78 is 1.96. The first-order valence-electron chi connectivity index (χ1n) is 5.55. The zero-order valence-electron chi connectivity index (χ0n) is 10.3. The van der Waals surface area contributed by atoms with Crippen LogP contribution in [0.15, 0.2) is 24.5 Å². The fourth-order valence-electron chi connectivity index (χ4n) is 1.64. The van der Waals surface area contributed by atoms with E-state index in [0.717, 1.165) is 11.6 Å². The Labute approximate surface area is 111 Å². The molecule has 0 aliphatic carbocycles. The smallest absolute Gasteiger partial charge is 0.129 e. The van der Waals surface area contributed by atoms with Crippen LogP contribution in [0.4, 0.5) is 5.82 Å². The number of rotatable bonds is 4. The molecule has 2 rings (SSSR count). The van der Waals surface area contributed by atoms with Crippen molar-refractivity contribution in [2.45, 2.75) is 13.2 Å². The van der Waals surface area contributed by atoms with Crippen LogP contribution in [-0.2, 0) is 20.2 Å². The van der Waals surface area contributed by atoms with Gasteiger partial charge in [0.25, 0.3) is 0 Å². The summed E-state index contributed by atoms with van der Waals surface area (Å²) in [5.41, 5.74) is 0.487. The van der Waals surface area contributed by atoms with Gasteiger partial charge in [0.2, 0.25) is 0 Å². The van der Waals surface area contributed by atoms with E-state index in [1.54, 1.807) is 12.3 Å². The van der Waals surface area contributed by atoms with E-state index in [2.05, 4.69) is 9.97 Å². The quantitative estimate of drug-likeness (QED) is 0.913. The van der Waals surface area contributed by atoms with Gasteiger partial charge in [-0.3, -0.25) is 0 Å². The summed E-state index contributed by atoms with van der Waals surface area (Å²) in [6, 6.07) is 3.56. The van der Waals surface area contributed by atoms with Crippen molar-refractivity contribution in [2.24, 2.45) is 7.05 Å². The van der Waals surface area contributed by atoms with E-state index in [-0.39, 0.29) is 6.61 Å². The lowest BCUT2D eigenvalue weighted by molar-refractivity contribution is 0.277. The standard InChI is InChI=1S/C12H15ClN4O/c1-16-6-5-14-12(16)7-17(2)11-4-3-9(13)10(8-18)15-11/h3-6,18H,7-8H2,1-2H3. The van der Waals surface area contributed by atoms with Gasteiger partial charge in [-0.05, 0) is 12.1 Å². The van der Waals surface area contributed by atoms with Crippen molar-refractivity contribution in [1.29, 1.82) is 0 Å². The molecular formula is C12H15ClN4O. The first-order valence-corrected chi connectivity index (χ1v) is 5.93. The number of aromatic nitrogens is 3. The zero-order chi connectivity index (χ0) is 13.1. The Morgan fingerprint density at radius 1 is 1.44 bits per heavy atom. The van der Waals surface area contributed by atoms with Crippen LogP contribution in [0, 0.1) is 0 Å². The Morgan fingerprint density at radius 2 is 2.22 bits per heavy atom. The van der Waals surface area contributed by atoms with Crippen molar-refractivity contribution in [2.75, 3.05) is 11.9 Å². The van der Waals surface area contributed by atoms with Gasteiger partial charge >= 0.3 is 0 Å². The lowest BCUT2D eigenvalue weighted by atomic mass is 10.3. The maximum absolute atomic E-state index is 9.14. The molecule has 18 heavy (non-hydrogen) atoms. The number of halogens is 1. The number of hydrogen-bond donors (Lipinski definition) is 1. The summed E-state index contributed by atoms with van der Waals surface area (Å²) >= 11 is 5.91. The molecule has 2 aromatic heterocycles. The van der Waals surface area contributed by atoms with E-state index in [0.29, 0.717) is 17.3 Å². The van der Waals surface area contributed by atoms with Gasteiger partial charge < -0.3 is 14.6 Å². The van der Waals surface area contributed by atoms with Gasteiger partial charge in [0.05, 0.1) is 23.9 Å². The Balaban J connectivity index is 2.18. The molecule has 0 radical (unpaired) electrons. The fraction of sp³-hybridized carbons (Fsp3) is 0.333. The van der Waals surface area contributed by atoms with E-state index >= 15 is 0 Å². The van der Waals surface area contributed by atoms with Crippen LogP contribution in [-0.4, -0.2) is 26.7 Å². The Hall–Kier alpha value is -1.59. The van der Waals surface area contributed by atoms with Crippen LogP contribution < -0.4 is 4.90 Å². The highest BCUT2D eigenvalue weighted by molar-refractivity contribution is 6.31. The van der Waals surface area contributed by atoms with Crippen LogP contribution in [0.2, 0.25) is 5.02 Å². The summed E-state index contributed by atoms with van der Waals surface area (Å²) in [4.78, 5) is 10.5. The zero-order valence-corrected chi connectivity index (χ0v) is 11.1. The molecule has 2 heterocycles. The number of imidazole rings is 1. The molecule has 0 saturated carbocycles. The van der Waals surface area contributed by atoms with Crippen LogP contribution in [0.5, 0.6) is 0 Å². The average molecular weight is 267 g/mol. The average Bonchev–Trinajstić information content (AvgIpc) is 2.75. The van der Waals surface area contributed by atoms with E-state index in [4.69, 9.17) is 16.7 Å². The minimum Gasteiger partial charge on any atom is -0.390 e. The van der Waals surface area contributed by atoms with E-state index in [1.807, 2.05) is 35.8 Å². The number of nitrogens with zero attached hydrogens (tertiary/aromatic N) is 4. The molecule has 0 bridgehead atoms. The van der Waals surface area contributed by atoms with Gasteiger partial charge in [-0.15, -0.1) is 0 Å². The third-order valence-electron chi connectivity index (χ3n) is 2.74. The van der Waals surface area contributed by atoms with Crippen LogP contribution >= 0.6 is 11.6 Å². The van der Waals surface area contributed by atoms with Gasteiger partial charge in [-0.2, -0.15) is 0 Å². The second-order valence-electron chi connectivity index (χ2n) is 4.07. The van der Waals surface area contributed by atoms with Gasteiger partial charge in [0, 0.05) is 26.5 Å². The van der Waals surface area contributed by atoms with Gasteiger partial charge in [0.1, 0.15) is 11.6 Å². The molecule has 0 aromatic carbocycles. The molecule has 2 aromatic rings. The number of aryl methyl sites for hydroxylation is 1. The van der Waals surface area contributed by atoms with Crippen molar-refractivity contribution < 1.29 is 5.11 Å². The van der Waals surface area contributed by atoms with Crippen molar-refractivity contribution >= 4 is 17.4 Å². The third-order valence-corrected chi connectivity index (χ3v) is 3.09. The van der Waals surface area contributed by atoms with E-state index < -0.39 is 0 Å². The highest BCUT2D eigenvalue weighted by Gasteiger charge is 2.09. The Morgan fingerprint density at radius 3 is 2.83 bits per heavy atom. The van der Waals surface area contributed by atoms with E-state index in [1.165, 1.54) is 0 Å². The van der Waals surface area contributed by atoms with Gasteiger partial charge in [-0.25, -0.2) is 9.97 Å². The van der Waals surface area contributed by atoms with Crippen LogP contribution in [0.3, 0.4) is 0 Å². The second-order valence-corrected chi connectivity index (χ2v) is 4.47. The normalized spacial score (nSPS) is 10.7. The highest BCUT2D eigenvalue weighted by atomic mass is 35.5. The number of aliphatic hydroxyl groups is 1. The minimum absolute atomic E-state index is 0.164. The summed E-state index contributed by atoms with van der Waals surface area (Å²) in [5.74, 6) is 1.70. The third kappa shape index (κ3) is 2.63. The topological polar surface area (TPSA) is 54.2 Å². The highest BCUT2D eigenvalue weighted by Crippen LogP contribution is 2.19. The lowest BCUT2D eigenvalue weighted by Gasteiger charge is -2.18. The maximum atomic E-state index is 9.14. The number of anilines is 1. The van der Waals surface area contributed by atoms with Crippen molar-refractivity contribution in [3.8, 4) is 0 Å². The molecular weight excluding hydrogens is 252 g/mol. The molecule has 0 aliphatic rings. The van der Waals surface area contributed by atoms with E-state index in [9.17, 15) is 0 Å². The molecule has 0 fully saturated rings. The Bertz CT molecular complexity index is 541. The lowest BCUT2D eigenvalue weighted by Crippen LogP contribution is -2.20. The molecule has 0 spiro atoms. The molecule has 6 heteroatoms. The predicted octanol–water partition coefficient (Wildman–Crippen LogP) is 1.60. The number of pyridine rings is 1. The second kappa shape index (κ2) is 5.37. The molecule has 0 atom stereocenters. The first kappa shape index (κ1) is 12.9. The molecule has 0 aliphatic heterocycles. The molecule has 1 N–H and O–H groups in total. The molecule has 0 amide bonds. The molecule has 0 saturated heterocycles. The molecule has 96 valence electrons. The summed E-state index contributed by atoms with van der Waals surface area (Å²) in [5, 5.41) is 9.62. The van der Waals surface area contributed by atoms with Crippen molar-refractivity contribution in [3.63, 3.8) is 0 Å². The fourth-order valence-corrected chi connectivity index (χ4v) is 1.80. The summed E-state index contributed by atoms with van der Waals surface area (Å²) in [6.45, 7) is 0.478. The number of aliphatic hydroxyl groups excluding tert-OH is 1. The van der Waals surface area contributed by atoms with Crippen molar-refractivity contribution in [3.05, 3.63) is 41.1 Å². The van der Waals surface area contributed by atoms with Crippen molar-refractivity contribution in [1.82, 2.24) is 14.5 Å². The number of hydrogen-bond acceptors (Lipinski definition) is 4. The maximum Gasteiger partial charge on any atom is 0.129 e. The van der Waals surface area contributed by atoms with Gasteiger partial charge in [-0.1, -0.05) is 11.6 Å². The monoisotopic (exact) mass is 266 g/mol. The molecule has 0 unspecified atom stereocenters. The summed E-state index contributed by atoms with van der Waals surface area (Å²) in [7, 11) is 3.87. The molecule has 5 nitrogen and oxygen atoms in total. The SMILES string of the molecule is CN(Cc1nccn1C)c1ccc(Cl)c(CO)n1. The summed E-state index contributed by atoms with van der Waals surface area (Å²) in [6.07, 6.45) is 3.66. The first-order chi connectivity index (χ1) is 8.61. The van der Waals surface area contributed by atoms with Crippen LogP contribution in [0.25, 0.3) is 0 Å². The largest absolute Gasteiger partial charge is 0.390 e.